The molecule has 238 valence electrons. The van der Waals surface area contributed by atoms with Crippen molar-refractivity contribution in [2.75, 3.05) is 32.2 Å². The maximum atomic E-state index is 14.2. The Bertz CT molecular complexity index is 1520. The minimum absolute atomic E-state index is 0.0696. The fourth-order valence-corrected chi connectivity index (χ4v) is 6.08. The highest BCUT2D eigenvalue weighted by Crippen LogP contribution is 2.33. The number of sulfonamides is 1. The van der Waals surface area contributed by atoms with Gasteiger partial charge in [0.1, 0.15) is 18.3 Å². The summed E-state index contributed by atoms with van der Waals surface area (Å²) in [5.74, 6) is 0.327. The van der Waals surface area contributed by atoms with Crippen LogP contribution in [0, 0.1) is 0 Å². The predicted octanol–water partition coefficient (Wildman–Crippen LogP) is 5.28. The third kappa shape index (κ3) is 8.35. The van der Waals surface area contributed by atoms with Gasteiger partial charge in [0.25, 0.3) is 10.0 Å². The lowest BCUT2D eigenvalue weighted by atomic mass is 10.1. The van der Waals surface area contributed by atoms with Crippen molar-refractivity contribution in [2.45, 2.75) is 57.1 Å². The zero-order chi connectivity index (χ0) is 32.4. The number of nitrogens with one attached hydrogen (secondary N) is 1. The summed E-state index contributed by atoms with van der Waals surface area (Å²) in [6, 6.07) is 16.5. The molecule has 0 unspecified atom stereocenters. The highest BCUT2D eigenvalue weighted by Gasteiger charge is 2.34. The molecule has 12 heteroatoms. The molecule has 0 aliphatic carbocycles. The van der Waals surface area contributed by atoms with Crippen LogP contribution < -0.4 is 23.8 Å². The van der Waals surface area contributed by atoms with Gasteiger partial charge in [0.2, 0.25) is 11.8 Å². The summed E-state index contributed by atoms with van der Waals surface area (Å²) in [7, 11) is 0.0884. The van der Waals surface area contributed by atoms with Gasteiger partial charge in [-0.05, 0) is 73.9 Å². The second-order valence-electron chi connectivity index (χ2n) is 10.1. The maximum Gasteiger partial charge on any atom is 0.264 e. The van der Waals surface area contributed by atoms with E-state index in [2.05, 4.69) is 5.32 Å². The van der Waals surface area contributed by atoms with Crippen LogP contribution in [-0.4, -0.2) is 65.1 Å². The molecule has 0 radical (unpaired) electrons. The monoisotopic (exact) mass is 645 g/mol. The van der Waals surface area contributed by atoms with Crippen LogP contribution in [0.2, 0.25) is 5.02 Å². The smallest absolute Gasteiger partial charge is 0.264 e. The van der Waals surface area contributed by atoms with Crippen molar-refractivity contribution in [3.63, 3.8) is 0 Å². The normalized spacial score (nSPS) is 12.5. The zero-order valence-corrected chi connectivity index (χ0v) is 27.4. The number of benzene rings is 3. The number of halogens is 1. The van der Waals surface area contributed by atoms with E-state index in [1.165, 1.54) is 49.5 Å². The van der Waals surface area contributed by atoms with Crippen LogP contribution in [0.5, 0.6) is 17.2 Å². The minimum atomic E-state index is -4.32. The SMILES string of the molecule is CC[C@@H](C)NC(=O)[C@@H](CC)N(Cc1ccc(OC)cc1)C(=O)CN(c1ccc(Cl)cc1)S(=O)(=O)c1ccc(OC)c(OC)c1. The van der Waals surface area contributed by atoms with Crippen LogP contribution in [0.1, 0.15) is 39.2 Å². The highest BCUT2D eigenvalue weighted by molar-refractivity contribution is 7.92. The number of rotatable bonds is 15. The van der Waals surface area contributed by atoms with Crippen LogP contribution in [0.15, 0.2) is 71.6 Å². The van der Waals surface area contributed by atoms with Gasteiger partial charge in [-0.2, -0.15) is 0 Å². The molecule has 0 aromatic heterocycles. The third-order valence-electron chi connectivity index (χ3n) is 7.24. The van der Waals surface area contributed by atoms with Gasteiger partial charge in [0.15, 0.2) is 11.5 Å². The molecule has 3 aromatic carbocycles. The number of carbonyl (C=O) groups is 2. The Morgan fingerprint density at radius 3 is 2.05 bits per heavy atom. The van der Waals surface area contributed by atoms with Gasteiger partial charge in [0.05, 0.1) is 31.9 Å². The molecule has 2 amide bonds. The van der Waals surface area contributed by atoms with E-state index in [9.17, 15) is 18.0 Å². The lowest BCUT2D eigenvalue weighted by Crippen LogP contribution is -2.53. The maximum absolute atomic E-state index is 14.2. The molecule has 10 nitrogen and oxygen atoms in total. The Labute approximate surface area is 264 Å². The number of carbonyl (C=O) groups excluding carboxylic acids is 2. The Morgan fingerprint density at radius 1 is 0.864 bits per heavy atom. The van der Waals surface area contributed by atoms with Gasteiger partial charge in [-0.1, -0.05) is 37.6 Å². The molecule has 0 bridgehead atoms. The van der Waals surface area contributed by atoms with Crippen molar-refractivity contribution >= 4 is 39.1 Å². The van der Waals surface area contributed by atoms with Gasteiger partial charge in [-0.3, -0.25) is 13.9 Å². The predicted molar refractivity (Wildman–Crippen MR) is 171 cm³/mol. The molecule has 0 fully saturated rings. The molecular weight excluding hydrogens is 606 g/mol. The molecule has 44 heavy (non-hydrogen) atoms. The quantitative estimate of drug-likeness (QED) is 0.239. The minimum Gasteiger partial charge on any atom is -0.497 e. The lowest BCUT2D eigenvalue weighted by molar-refractivity contribution is -0.140. The molecule has 0 spiro atoms. The summed E-state index contributed by atoms with van der Waals surface area (Å²) in [4.78, 5) is 29.0. The molecule has 3 rings (SSSR count). The summed E-state index contributed by atoms with van der Waals surface area (Å²) in [5, 5.41) is 3.37. The first-order valence-corrected chi connectivity index (χ1v) is 16.0. The molecule has 3 aromatic rings. The van der Waals surface area contributed by atoms with Crippen LogP contribution in [0.3, 0.4) is 0 Å². The van der Waals surface area contributed by atoms with E-state index in [-0.39, 0.29) is 34.8 Å². The Balaban J connectivity index is 2.09. The van der Waals surface area contributed by atoms with Crippen LogP contribution in [-0.2, 0) is 26.2 Å². The largest absolute Gasteiger partial charge is 0.497 e. The number of anilines is 1. The first kappa shape index (κ1) is 34.5. The zero-order valence-electron chi connectivity index (χ0n) is 25.9. The first-order valence-electron chi connectivity index (χ1n) is 14.2. The van der Waals surface area contributed by atoms with Gasteiger partial charge in [-0.15, -0.1) is 0 Å². The average Bonchev–Trinajstić information content (AvgIpc) is 3.03. The summed E-state index contributed by atoms with van der Waals surface area (Å²) in [5.41, 5.74) is 0.966. The standard InChI is InChI=1S/C32H40ClN3O7S/c1-7-22(3)34-32(38)28(8-2)35(20-23-9-15-26(41-4)16-10-23)31(37)21-36(25-13-11-24(33)12-14-25)44(39,40)27-17-18-29(42-5)30(19-27)43-6/h9-19,22,28H,7-8,20-21H2,1-6H3,(H,34,38)/t22-,28-/m1/s1. The molecule has 1 N–H and O–H groups in total. The van der Waals surface area contributed by atoms with Crippen molar-refractivity contribution in [1.29, 1.82) is 0 Å². The molecule has 0 saturated heterocycles. The fraction of sp³-hybridized carbons (Fsp3) is 0.375. The van der Waals surface area contributed by atoms with E-state index >= 15 is 0 Å². The Hall–Kier alpha value is -3.96. The fourth-order valence-electron chi connectivity index (χ4n) is 4.53. The van der Waals surface area contributed by atoms with E-state index in [0.29, 0.717) is 29.4 Å². The number of hydrogen-bond donors (Lipinski definition) is 1. The molecule has 0 aliphatic rings. The van der Waals surface area contributed by atoms with Crippen molar-refractivity contribution < 1.29 is 32.2 Å². The molecule has 0 aliphatic heterocycles. The number of nitrogens with zero attached hydrogens (tertiary/aromatic N) is 2. The van der Waals surface area contributed by atoms with Gasteiger partial charge < -0.3 is 24.4 Å². The van der Waals surface area contributed by atoms with Gasteiger partial charge in [-0.25, -0.2) is 8.42 Å². The highest BCUT2D eigenvalue weighted by atomic mass is 35.5. The molecular formula is C32H40ClN3O7S. The summed E-state index contributed by atoms with van der Waals surface area (Å²) in [6.07, 6.45) is 1.02. The van der Waals surface area contributed by atoms with Crippen LogP contribution in [0.25, 0.3) is 0 Å². The number of hydrogen-bond acceptors (Lipinski definition) is 7. The van der Waals surface area contributed by atoms with E-state index in [0.717, 1.165) is 9.87 Å². The molecule has 2 atom stereocenters. The number of ether oxygens (including phenoxy) is 3. The van der Waals surface area contributed by atoms with Crippen molar-refractivity contribution in [3.8, 4) is 17.2 Å². The van der Waals surface area contributed by atoms with Crippen LogP contribution in [0.4, 0.5) is 5.69 Å². The number of amides is 2. The summed E-state index contributed by atoms with van der Waals surface area (Å²) >= 11 is 6.11. The summed E-state index contributed by atoms with van der Waals surface area (Å²) in [6.45, 7) is 5.14. The Morgan fingerprint density at radius 2 is 1.50 bits per heavy atom. The second kappa shape index (κ2) is 15.7. The van der Waals surface area contributed by atoms with E-state index in [1.807, 2.05) is 20.8 Å². The van der Waals surface area contributed by atoms with Crippen LogP contribution >= 0.6 is 11.6 Å². The van der Waals surface area contributed by atoms with E-state index in [1.54, 1.807) is 43.5 Å². The first-order chi connectivity index (χ1) is 21.0. The number of methoxy groups -OCH3 is 3. The van der Waals surface area contributed by atoms with Crippen molar-refractivity contribution in [1.82, 2.24) is 10.2 Å². The van der Waals surface area contributed by atoms with E-state index in [4.69, 9.17) is 25.8 Å². The average molecular weight is 646 g/mol. The molecule has 0 heterocycles. The molecule has 0 saturated carbocycles. The lowest BCUT2D eigenvalue weighted by Gasteiger charge is -2.33. The Kier molecular flexibility index (Phi) is 12.3. The van der Waals surface area contributed by atoms with E-state index < -0.39 is 28.5 Å². The second-order valence-corrected chi connectivity index (χ2v) is 12.4. The summed E-state index contributed by atoms with van der Waals surface area (Å²) < 4.78 is 45.2. The topological polar surface area (TPSA) is 114 Å². The van der Waals surface area contributed by atoms with Gasteiger partial charge in [0, 0.05) is 23.7 Å². The van der Waals surface area contributed by atoms with Gasteiger partial charge >= 0.3 is 0 Å². The van der Waals surface area contributed by atoms with Crippen molar-refractivity contribution in [2.24, 2.45) is 0 Å². The van der Waals surface area contributed by atoms with Crippen molar-refractivity contribution in [3.05, 3.63) is 77.3 Å². The third-order valence-corrected chi connectivity index (χ3v) is 9.26.